The molecule has 1 nitrogen and oxygen atoms in total. The van der Waals surface area contributed by atoms with Gasteiger partial charge in [0.05, 0.1) is 16.4 Å². The van der Waals surface area contributed by atoms with Crippen molar-refractivity contribution in [3.8, 4) is 0 Å². The summed E-state index contributed by atoms with van der Waals surface area (Å²) in [5, 5.41) is 0.632. The third kappa shape index (κ3) is 3.46. The molecule has 0 atom stereocenters. The topological polar surface area (TPSA) is 12.4 Å². The van der Waals surface area contributed by atoms with E-state index in [1.807, 2.05) is 54.6 Å². The van der Waals surface area contributed by atoms with Gasteiger partial charge in [-0.2, -0.15) is 0 Å². The Kier molecular flexibility index (Phi) is 4.71. The molecule has 0 unspecified atom stereocenters. The molecule has 0 amide bonds. The Balaban J connectivity index is 2.18. The van der Waals surface area contributed by atoms with Crippen molar-refractivity contribution in [3.63, 3.8) is 0 Å². The summed E-state index contributed by atoms with van der Waals surface area (Å²) in [7, 11) is 0. The third-order valence-corrected chi connectivity index (χ3v) is 4.05. The molecule has 0 aliphatic heterocycles. The number of hydrogen-bond acceptors (Lipinski definition) is 1. The number of hydrogen-bond donors (Lipinski definition) is 0. The molecule has 0 saturated carbocycles. The fourth-order valence-corrected chi connectivity index (χ4v) is 2.69. The van der Waals surface area contributed by atoms with Crippen molar-refractivity contribution in [2.45, 2.75) is 0 Å². The molecule has 108 valence electrons. The fourth-order valence-electron chi connectivity index (χ4n) is 2.18. The summed E-state index contributed by atoms with van der Waals surface area (Å²) >= 11 is 9.76. The van der Waals surface area contributed by atoms with Crippen molar-refractivity contribution in [3.05, 3.63) is 99.5 Å². The van der Waals surface area contributed by atoms with Gasteiger partial charge >= 0.3 is 0 Å². The van der Waals surface area contributed by atoms with Crippen LogP contribution in [-0.4, -0.2) is 5.71 Å². The summed E-state index contributed by atoms with van der Waals surface area (Å²) < 4.78 is 0.955. The molecule has 0 aliphatic carbocycles. The molecule has 0 bridgehead atoms. The van der Waals surface area contributed by atoms with Crippen LogP contribution in [0.5, 0.6) is 0 Å². The van der Waals surface area contributed by atoms with E-state index in [1.54, 1.807) is 0 Å². The molecule has 0 spiro atoms. The van der Waals surface area contributed by atoms with Crippen LogP contribution in [0.2, 0.25) is 5.02 Å². The zero-order chi connectivity index (χ0) is 15.4. The zero-order valence-electron chi connectivity index (χ0n) is 11.7. The van der Waals surface area contributed by atoms with Gasteiger partial charge in [-0.25, -0.2) is 4.99 Å². The van der Waals surface area contributed by atoms with Gasteiger partial charge in [0.15, 0.2) is 0 Å². The van der Waals surface area contributed by atoms with Crippen molar-refractivity contribution in [2.75, 3.05) is 0 Å². The van der Waals surface area contributed by atoms with Crippen LogP contribution < -0.4 is 0 Å². The van der Waals surface area contributed by atoms with E-state index in [4.69, 9.17) is 16.6 Å². The first kappa shape index (κ1) is 15.0. The summed E-state index contributed by atoms with van der Waals surface area (Å²) in [4.78, 5) is 4.81. The Morgan fingerprint density at radius 2 is 1.32 bits per heavy atom. The molecule has 3 heteroatoms. The van der Waals surface area contributed by atoms with Crippen LogP contribution in [0, 0.1) is 0 Å². The minimum atomic E-state index is 0.632. The second-order valence-corrected chi connectivity index (χ2v) is 6.11. The first-order valence-electron chi connectivity index (χ1n) is 6.88. The van der Waals surface area contributed by atoms with Crippen LogP contribution in [0.1, 0.15) is 11.1 Å². The quantitative estimate of drug-likeness (QED) is 0.482. The van der Waals surface area contributed by atoms with E-state index in [9.17, 15) is 0 Å². The number of nitrogens with zero attached hydrogens (tertiary/aromatic N) is 1. The SMILES string of the molecule is Clc1ccc(Br)cc1N=C(c1ccccc1)c1ccccc1. The average Bonchev–Trinajstić information content (AvgIpc) is 2.57. The molecule has 3 aromatic carbocycles. The van der Waals surface area contributed by atoms with Gasteiger partial charge in [-0.3, -0.25) is 0 Å². The van der Waals surface area contributed by atoms with E-state index >= 15 is 0 Å². The number of benzene rings is 3. The van der Waals surface area contributed by atoms with Gasteiger partial charge in [0.1, 0.15) is 0 Å². The highest BCUT2D eigenvalue weighted by Gasteiger charge is 2.08. The van der Waals surface area contributed by atoms with Crippen molar-refractivity contribution < 1.29 is 0 Å². The summed E-state index contributed by atoms with van der Waals surface area (Å²) in [6, 6.07) is 25.9. The molecule has 0 saturated heterocycles. The molecule has 3 rings (SSSR count). The number of halogens is 2. The maximum atomic E-state index is 6.29. The lowest BCUT2D eigenvalue weighted by Gasteiger charge is -2.08. The van der Waals surface area contributed by atoms with E-state index in [0.717, 1.165) is 27.0 Å². The highest BCUT2D eigenvalue weighted by atomic mass is 79.9. The fraction of sp³-hybridized carbons (Fsp3) is 0. The molecule has 0 radical (unpaired) electrons. The van der Waals surface area contributed by atoms with Crippen LogP contribution in [-0.2, 0) is 0 Å². The van der Waals surface area contributed by atoms with Gasteiger partial charge in [-0.15, -0.1) is 0 Å². The highest BCUT2D eigenvalue weighted by Crippen LogP contribution is 2.29. The lowest BCUT2D eigenvalue weighted by Crippen LogP contribution is -2.02. The summed E-state index contributed by atoms with van der Waals surface area (Å²) in [6.07, 6.45) is 0. The Hall–Kier alpha value is -1.90. The number of aliphatic imine (C=N–C) groups is 1. The summed E-state index contributed by atoms with van der Waals surface area (Å²) in [5.41, 5.74) is 3.77. The Labute approximate surface area is 143 Å². The molecule has 0 N–H and O–H groups in total. The molecule has 3 aromatic rings. The second kappa shape index (κ2) is 6.91. The predicted octanol–water partition coefficient (Wildman–Crippen LogP) is 6.27. The lowest BCUT2D eigenvalue weighted by molar-refractivity contribution is 1.46. The zero-order valence-corrected chi connectivity index (χ0v) is 14.1. The van der Waals surface area contributed by atoms with E-state index in [-0.39, 0.29) is 0 Å². The maximum Gasteiger partial charge on any atom is 0.0834 e. The van der Waals surface area contributed by atoms with Gasteiger partial charge in [0, 0.05) is 15.6 Å². The van der Waals surface area contributed by atoms with Gasteiger partial charge in [0.25, 0.3) is 0 Å². The van der Waals surface area contributed by atoms with Crippen molar-refractivity contribution >= 4 is 38.9 Å². The molecular weight excluding hydrogens is 358 g/mol. The second-order valence-electron chi connectivity index (χ2n) is 4.79. The largest absolute Gasteiger partial charge is 0.246 e. The van der Waals surface area contributed by atoms with Crippen LogP contribution in [0.3, 0.4) is 0 Å². The molecule has 0 fully saturated rings. The smallest absolute Gasteiger partial charge is 0.0834 e. The van der Waals surface area contributed by atoms with Gasteiger partial charge < -0.3 is 0 Å². The van der Waals surface area contributed by atoms with Crippen LogP contribution >= 0.6 is 27.5 Å². The van der Waals surface area contributed by atoms with Crippen LogP contribution in [0.25, 0.3) is 0 Å². The van der Waals surface area contributed by atoms with Gasteiger partial charge in [-0.1, -0.05) is 88.2 Å². The monoisotopic (exact) mass is 369 g/mol. The predicted molar refractivity (Wildman–Crippen MR) is 97.3 cm³/mol. The van der Waals surface area contributed by atoms with E-state index < -0.39 is 0 Å². The van der Waals surface area contributed by atoms with Crippen LogP contribution in [0.4, 0.5) is 5.69 Å². The summed E-state index contributed by atoms with van der Waals surface area (Å²) in [5.74, 6) is 0. The van der Waals surface area contributed by atoms with E-state index in [1.165, 1.54) is 0 Å². The first-order chi connectivity index (χ1) is 10.7. The van der Waals surface area contributed by atoms with Crippen LogP contribution in [0.15, 0.2) is 88.3 Å². The lowest BCUT2D eigenvalue weighted by atomic mass is 10.0. The summed E-state index contributed by atoms with van der Waals surface area (Å²) in [6.45, 7) is 0. The molecule has 0 aromatic heterocycles. The Morgan fingerprint density at radius 1 is 0.773 bits per heavy atom. The van der Waals surface area contributed by atoms with Crippen molar-refractivity contribution in [1.29, 1.82) is 0 Å². The third-order valence-electron chi connectivity index (χ3n) is 3.23. The standard InChI is InChI=1S/C19H13BrClN/c20-16-11-12-17(21)18(13-16)22-19(14-7-3-1-4-8-14)15-9-5-2-6-10-15/h1-13H. The average molecular weight is 371 g/mol. The van der Waals surface area contributed by atoms with Crippen molar-refractivity contribution in [1.82, 2.24) is 0 Å². The van der Waals surface area contributed by atoms with E-state index in [2.05, 4.69) is 40.2 Å². The highest BCUT2D eigenvalue weighted by molar-refractivity contribution is 9.10. The van der Waals surface area contributed by atoms with Crippen molar-refractivity contribution in [2.24, 2.45) is 4.99 Å². The minimum absolute atomic E-state index is 0.632. The molecule has 0 aliphatic rings. The van der Waals surface area contributed by atoms with E-state index in [0.29, 0.717) is 5.02 Å². The maximum absolute atomic E-state index is 6.29. The molecular formula is C19H13BrClN. The number of rotatable bonds is 3. The minimum Gasteiger partial charge on any atom is -0.246 e. The Morgan fingerprint density at radius 3 is 1.86 bits per heavy atom. The molecule has 0 heterocycles. The van der Waals surface area contributed by atoms with Gasteiger partial charge in [-0.05, 0) is 18.2 Å². The Bertz CT molecular complexity index is 757. The molecule has 22 heavy (non-hydrogen) atoms. The normalized spacial score (nSPS) is 10.3. The first-order valence-corrected chi connectivity index (χ1v) is 8.06. The van der Waals surface area contributed by atoms with Gasteiger partial charge in [0.2, 0.25) is 0 Å².